The Labute approximate surface area is 113 Å². The Kier molecular flexibility index (Phi) is 4.68. The van der Waals surface area contributed by atoms with E-state index < -0.39 is 0 Å². The van der Waals surface area contributed by atoms with Gasteiger partial charge in [0, 0.05) is 24.7 Å². The van der Waals surface area contributed by atoms with E-state index in [1.807, 2.05) is 0 Å². The number of likely N-dealkylation sites (N-methyl/N-ethyl adjacent to an activating group) is 2. The van der Waals surface area contributed by atoms with Crippen LogP contribution in [0.4, 0.5) is 0 Å². The van der Waals surface area contributed by atoms with Gasteiger partial charge in [0.2, 0.25) is 0 Å². The molecule has 2 aliphatic rings. The summed E-state index contributed by atoms with van der Waals surface area (Å²) in [4.78, 5) is 5.18. The predicted molar refractivity (Wildman–Crippen MR) is 77.7 cm³/mol. The van der Waals surface area contributed by atoms with Crippen molar-refractivity contribution in [3.05, 3.63) is 0 Å². The van der Waals surface area contributed by atoms with Gasteiger partial charge in [0.25, 0.3) is 0 Å². The van der Waals surface area contributed by atoms with E-state index in [1.54, 1.807) is 0 Å². The van der Waals surface area contributed by atoms with Crippen molar-refractivity contribution < 1.29 is 0 Å². The maximum absolute atomic E-state index is 6.07. The molecule has 0 spiro atoms. The molecule has 2 rings (SSSR count). The Hall–Kier alpha value is -0.120. The van der Waals surface area contributed by atoms with Gasteiger partial charge in [-0.05, 0) is 52.2 Å². The van der Waals surface area contributed by atoms with Crippen LogP contribution < -0.4 is 5.73 Å². The molecule has 0 aromatic heterocycles. The molecule has 18 heavy (non-hydrogen) atoms. The second-order valence-electron chi connectivity index (χ2n) is 6.65. The fraction of sp³-hybridized carbons (Fsp3) is 1.00. The summed E-state index contributed by atoms with van der Waals surface area (Å²) in [5.41, 5.74) is 6.28. The van der Waals surface area contributed by atoms with Crippen LogP contribution >= 0.6 is 0 Å². The van der Waals surface area contributed by atoms with E-state index in [0.29, 0.717) is 0 Å². The number of rotatable bonds is 7. The second kappa shape index (κ2) is 5.89. The third-order valence-electron chi connectivity index (χ3n) is 5.18. The highest BCUT2D eigenvalue weighted by atomic mass is 15.3. The van der Waals surface area contributed by atoms with Crippen LogP contribution in [0.1, 0.15) is 46.0 Å². The molecule has 1 aliphatic carbocycles. The largest absolute Gasteiger partial charge is 0.329 e. The monoisotopic (exact) mass is 253 g/mol. The SMILES string of the molecule is CCN1CCCC1CN(C)C(C)(CN)CC1CC1. The molecule has 2 atom stereocenters. The third kappa shape index (κ3) is 3.25. The summed E-state index contributed by atoms with van der Waals surface area (Å²) in [6, 6.07) is 0.755. The molecule has 2 N–H and O–H groups in total. The minimum atomic E-state index is 0.211. The van der Waals surface area contributed by atoms with Gasteiger partial charge in [-0.25, -0.2) is 0 Å². The molecule has 0 radical (unpaired) electrons. The van der Waals surface area contributed by atoms with Crippen LogP contribution in [0.3, 0.4) is 0 Å². The zero-order valence-corrected chi connectivity index (χ0v) is 12.5. The van der Waals surface area contributed by atoms with E-state index in [0.717, 1.165) is 18.5 Å². The zero-order valence-electron chi connectivity index (χ0n) is 12.5. The number of nitrogens with zero attached hydrogens (tertiary/aromatic N) is 2. The lowest BCUT2D eigenvalue weighted by molar-refractivity contribution is 0.0922. The molecular formula is C15H31N3. The van der Waals surface area contributed by atoms with Crippen LogP contribution in [-0.2, 0) is 0 Å². The van der Waals surface area contributed by atoms with Gasteiger partial charge in [0.1, 0.15) is 0 Å². The molecule has 0 aromatic rings. The summed E-state index contributed by atoms with van der Waals surface area (Å²) in [7, 11) is 2.28. The topological polar surface area (TPSA) is 32.5 Å². The average molecular weight is 253 g/mol. The van der Waals surface area contributed by atoms with Crippen LogP contribution in [0, 0.1) is 5.92 Å². The highest BCUT2D eigenvalue weighted by Crippen LogP contribution is 2.38. The maximum atomic E-state index is 6.07. The summed E-state index contributed by atoms with van der Waals surface area (Å²) in [6.07, 6.45) is 6.87. The van der Waals surface area contributed by atoms with E-state index in [9.17, 15) is 0 Å². The van der Waals surface area contributed by atoms with Crippen LogP contribution in [0.5, 0.6) is 0 Å². The average Bonchev–Trinajstić information content (AvgIpc) is 3.06. The fourth-order valence-electron chi connectivity index (χ4n) is 3.39. The van der Waals surface area contributed by atoms with Crippen LogP contribution in [0.25, 0.3) is 0 Å². The summed E-state index contributed by atoms with van der Waals surface area (Å²) in [6.45, 7) is 9.10. The maximum Gasteiger partial charge on any atom is 0.0303 e. The van der Waals surface area contributed by atoms with Gasteiger partial charge in [0.15, 0.2) is 0 Å². The first kappa shape index (κ1) is 14.3. The van der Waals surface area contributed by atoms with E-state index in [-0.39, 0.29) is 5.54 Å². The number of nitrogens with two attached hydrogens (primary N) is 1. The summed E-state index contributed by atoms with van der Waals surface area (Å²) < 4.78 is 0. The third-order valence-corrected chi connectivity index (χ3v) is 5.18. The minimum Gasteiger partial charge on any atom is -0.329 e. The zero-order chi connectivity index (χ0) is 13.2. The standard InChI is InChI=1S/C15H31N3/c1-4-18-9-5-6-14(18)11-17(3)15(2,12-16)10-13-7-8-13/h13-14H,4-12,16H2,1-3H3. The fourth-order valence-corrected chi connectivity index (χ4v) is 3.39. The summed E-state index contributed by atoms with van der Waals surface area (Å²) >= 11 is 0. The molecule has 2 unspecified atom stereocenters. The van der Waals surface area contributed by atoms with Crippen molar-refractivity contribution >= 4 is 0 Å². The van der Waals surface area contributed by atoms with Gasteiger partial charge in [-0.2, -0.15) is 0 Å². The van der Waals surface area contributed by atoms with Crippen LogP contribution in [0.15, 0.2) is 0 Å². The molecule has 3 nitrogen and oxygen atoms in total. The van der Waals surface area contributed by atoms with Gasteiger partial charge in [-0.1, -0.05) is 19.8 Å². The lowest BCUT2D eigenvalue weighted by atomic mass is 9.92. The van der Waals surface area contributed by atoms with Gasteiger partial charge >= 0.3 is 0 Å². The van der Waals surface area contributed by atoms with Gasteiger partial charge < -0.3 is 5.73 Å². The lowest BCUT2D eigenvalue weighted by Gasteiger charge is -2.41. The Morgan fingerprint density at radius 2 is 2.06 bits per heavy atom. The van der Waals surface area contributed by atoms with Gasteiger partial charge in [-0.15, -0.1) is 0 Å². The molecule has 0 amide bonds. The molecule has 106 valence electrons. The van der Waals surface area contributed by atoms with Gasteiger partial charge in [0.05, 0.1) is 0 Å². The van der Waals surface area contributed by atoms with Crippen LogP contribution in [-0.4, -0.2) is 54.6 Å². The number of hydrogen-bond acceptors (Lipinski definition) is 3. The van der Waals surface area contributed by atoms with Crippen molar-refractivity contribution in [3.63, 3.8) is 0 Å². The summed E-state index contributed by atoms with van der Waals surface area (Å²) in [5, 5.41) is 0. The first-order valence-corrected chi connectivity index (χ1v) is 7.74. The van der Waals surface area contributed by atoms with Gasteiger partial charge in [-0.3, -0.25) is 9.80 Å². The van der Waals surface area contributed by atoms with Crippen LogP contribution in [0.2, 0.25) is 0 Å². The number of likely N-dealkylation sites (tertiary alicyclic amines) is 1. The first-order chi connectivity index (χ1) is 8.59. The first-order valence-electron chi connectivity index (χ1n) is 7.74. The number of hydrogen-bond donors (Lipinski definition) is 1. The molecule has 0 aromatic carbocycles. The Morgan fingerprint density at radius 1 is 1.33 bits per heavy atom. The second-order valence-corrected chi connectivity index (χ2v) is 6.65. The summed E-state index contributed by atoms with van der Waals surface area (Å²) in [5.74, 6) is 0.951. The Bertz CT molecular complexity index is 264. The molecule has 3 heteroatoms. The predicted octanol–water partition coefficient (Wildman–Crippen LogP) is 1.92. The van der Waals surface area contributed by atoms with Crippen molar-refractivity contribution in [2.75, 3.05) is 33.2 Å². The molecule has 1 saturated heterocycles. The lowest BCUT2D eigenvalue weighted by Crippen LogP contribution is -2.53. The molecular weight excluding hydrogens is 222 g/mol. The molecule has 1 saturated carbocycles. The normalized spacial score (nSPS) is 28.8. The quantitative estimate of drug-likeness (QED) is 0.752. The Balaban J connectivity index is 1.89. The van der Waals surface area contributed by atoms with Crippen molar-refractivity contribution in [1.82, 2.24) is 9.80 Å². The molecule has 1 heterocycles. The smallest absolute Gasteiger partial charge is 0.0303 e. The van der Waals surface area contributed by atoms with Crippen molar-refractivity contribution in [2.45, 2.75) is 57.5 Å². The highest BCUT2D eigenvalue weighted by Gasteiger charge is 2.37. The van der Waals surface area contributed by atoms with E-state index in [1.165, 1.54) is 51.7 Å². The molecule has 0 bridgehead atoms. The van der Waals surface area contributed by atoms with E-state index in [2.05, 4.69) is 30.7 Å². The minimum absolute atomic E-state index is 0.211. The van der Waals surface area contributed by atoms with Crippen molar-refractivity contribution in [3.8, 4) is 0 Å². The molecule has 1 aliphatic heterocycles. The Morgan fingerprint density at radius 3 is 2.61 bits per heavy atom. The van der Waals surface area contributed by atoms with E-state index in [4.69, 9.17) is 5.73 Å². The van der Waals surface area contributed by atoms with Crippen molar-refractivity contribution in [2.24, 2.45) is 11.7 Å². The van der Waals surface area contributed by atoms with Crippen molar-refractivity contribution in [1.29, 1.82) is 0 Å². The highest BCUT2D eigenvalue weighted by molar-refractivity contribution is 4.94. The van der Waals surface area contributed by atoms with E-state index >= 15 is 0 Å². The molecule has 2 fully saturated rings.